The second-order valence-corrected chi connectivity index (χ2v) is 6.00. The van der Waals surface area contributed by atoms with Gasteiger partial charge >= 0.3 is 5.97 Å². The molecule has 0 aliphatic rings. The standard InChI is InChI=1S/C15H16FNO2S/c1-7(2)10-12(17)14(15(18)19)20-13(10)9-6-4-5-8(3)11(9)16/h4-7H,17H2,1-3H3,(H,18,19). The Kier molecular flexibility index (Phi) is 3.81. The van der Waals surface area contributed by atoms with E-state index in [1.54, 1.807) is 25.1 Å². The maximum Gasteiger partial charge on any atom is 0.348 e. The SMILES string of the molecule is Cc1cccc(-c2sc(C(=O)O)c(N)c2C(C)C)c1F. The number of nitrogens with two attached hydrogens (primary N) is 1. The van der Waals surface area contributed by atoms with E-state index < -0.39 is 5.97 Å². The van der Waals surface area contributed by atoms with Gasteiger partial charge in [0.25, 0.3) is 0 Å². The molecule has 3 N–H and O–H groups in total. The highest BCUT2D eigenvalue weighted by Crippen LogP contribution is 2.43. The lowest BCUT2D eigenvalue weighted by Crippen LogP contribution is -2.01. The summed E-state index contributed by atoms with van der Waals surface area (Å²) in [6.07, 6.45) is 0. The van der Waals surface area contributed by atoms with E-state index in [2.05, 4.69) is 0 Å². The first-order valence-corrected chi connectivity index (χ1v) is 7.07. The van der Waals surface area contributed by atoms with Crippen molar-refractivity contribution in [1.82, 2.24) is 0 Å². The van der Waals surface area contributed by atoms with Gasteiger partial charge in [-0.15, -0.1) is 11.3 Å². The predicted molar refractivity (Wildman–Crippen MR) is 79.9 cm³/mol. The van der Waals surface area contributed by atoms with Crippen molar-refractivity contribution in [3.8, 4) is 10.4 Å². The highest BCUT2D eigenvalue weighted by Gasteiger charge is 2.24. The maximum absolute atomic E-state index is 14.3. The Morgan fingerprint density at radius 2 is 2.05 bits per heavy atom. The first-order valence-electron chi connectivity index (χ1n) is 6.25. The van der Waals surface area contributed by atoms with E-state index in [0.717, 1.165) is 11.3 Å². The number of carbonyl (C=O) groups is 1. The summed E-state index contributed by atoms with van der Waals surface area (Å²) in [5, 5.41) is 9.19. The summed E-state index contributed by atoms with van der Waals surface area (Å²) >= 11 is 1.03. The maximum atomic E-state index is 14.3. The van der Waals surface area contributed by atoms with Crippen molar-refractivity contribution in [1.29, 1.82) is 0 Å². The molecule has 0 bridgehead atoms. The van der Waals surface area contributed by atoms with Gasteiger partial charge in [0, 0.05) is 10.4 Å². The van der Waals surface area contributed by atoms with Crippen LogP contribution in [0.1, 0.15) is 40.6 Å². The van der Waals surface area contributed by atoms with Gasteiger partial charge in [-0.1, -0.05) is 32.0 Å². The van der Waals surface area contributed by atoms with Crippen LogP contribution >= 0.6 is 11.3 Å². The van der Waals surface area contributed by atoms with Gasteiger partial charge in [0.2, 0.25) is 0 Å². The van der Waals surface area contributed by atoms with Crippen molar-refractivity contribution in [3.63, 3.8) is 0 Å². The number of carboxylic acids is 1. The Balaban J connectivity index is 2.76. The zero-order valence-corrected chi connectivity index (χ0v) is 12.3. The molecule has 0 atom stereocenters. The molecular weight excluding hydrogens is 277 g/mol. The van der Waals surface area contributed by atoms with Crippen LogP contribution in [0.15, 0.2) is 18.2 Å². The van der Waals surface area contributed by atoms with Crippen molar-refractivity contribution < 1.29 is 14.3 Å². The summed E-state index contributed by atoms with van der Waals surface area (Å²) in [6.45, 7) is 5.52. The number of thiophene rings is 1. The smallest absolute Gasteiger partial charge is 0.348 e. The summed E-state index contributed by atoms with van der Waals surface area (Å²) in [7, 11) is 0. The fourth-order valence-electron chi connectivity index (χ4n) is 2.21. The Hall–Kier alpha value is -1.88. The average Bonchev–Trinajstić information content (AvgIpc) is 2.70. The number of halogens is 1. The lowest BCUT2D eigenvalue weighted by atomic mass is 9.97. The van der Waals surface area contributed by atoms with E-state index >= 15 is 0 Å². The van der Waals surface area contributed by atoms with Gasteiger partial charge in [-0.2, -0.15) is 0 Å². The number of anilines is 1. The van der Waals surface area contributed by atoms with Crippen LogP contribution < -0.4 is 5.73 Å². The highest BCUT2D eigenvalue weighted by atomic mass is 32.1. The van der Waals surface area contributed by atoms with Crippen LogP contribution in [-0.2, 0) is 0 Å². The molecule has 0 saturated carbocycles. The summed E-state index contributed by atoms with van der Waals surface area (Å²) in [4.78, 5) is 11.9. The van der Waals surface area contributed by atoms with Crippen molar-refractivity contribution >= 4 is 23.0 Å². The number of hydrogen-bond acceptors (Lipinski definition) is 3. The molecule has 1 heterocycles. The Morgan fingerprint density at radius 1 is 1.40 bits per heavy atom. The molecule has 0 unspecified atom stereocenters. The van der Waals surface area contributed by atoms with Crippen LogP contribution in [0.25, 0.3) is 10.4 Å². The molecule has 0 aliphatic heterocycles. The molecule has 1 aromatic carbocycles. The van der Waals surface area contributed by atoms with Gasteiger partial charge in [-0.05, 0) is 24.0 Å². The summed E-state index contributed by atoms with van der Waals surface area (Å²) < 4.78 is 14.3. The minimum Gasteiger partial charge on any atom is -0.477 e. The Labute approximate surface area is 120 Å². The second kappa shape index (κ2) is 5.25. The van der Waals surface area contributed by atoms with Gasteiger partial charge in [0.15, 0.2) is 0 Å². The molecule has 20 heavy (non-hydrogen) atoms. The van der Waals surface area contributed by atoms with Crippen LogP contribution in [0.2, 0.25) is 0 Å². The van der Waals surface area contributed by atoms with E-state index in [-0.39, 0.29) is 22.3 Å². The van der Waals surface area contributed by atoms with E-state index in [0.29, 0.717) is 21.6 Å². The first-order chi connectivity index (χ1) is 9.34. The third-order valence-corrected chi connectivity index (χ3v) is 4.43. The van der Waals surface area contributed by atoms with Crippen molar-refractivity contribution in [2.24, 2.45) is 0 Å². The minimum atomic E-state index is -1.08. The predicted octanol–water partition coefficient (Wildman–Crippen LogP) is 4.27. The molecule has 0 fully saturated rings. The molecule has 5 heteroatoms. The number of hydrogen-bond donors (Lipinski definition) is 2. The zero-order chi connectivity index (χ0) is 15.0. The van der Waals surface area contributed by atoms with E-state index in [9.17, 15) is 14.3 Å². The van der Waals surface area contributed by atoms with Crippen LogP contribution in [0.5, 0.6) is 0 Å². The van der Waals surface area contributed by atoms with Gasteiger partial charge in [0.1, 0.15) is 10.7 Å². The van der Waals surface area contributed by atoms with Crippen molar-refractivity contribution in [3.05, 3.63) is 40.0 Å². The molecule has 1 aromatic heterocycles. The third kappa shape index (κ3) is 2.29. The molecule has 0 radical (unpaired) electrons. The van der Waals surface area contributed by atoms with Gasteiger partial charge < -0.3 is 10.8 Å². The van der Waals surface area contributed by atoms with E-state index in [1.807, 2.05) is 13.8 Å². The lowest BCUT2D eigenvalue weighted by molar-refractivity contribution is 0.0703. The fraction of sp³-hybridized carbons (Fsp3) is 0.267. The fourth-order valence-corrected chi connectivity index (χ4v) is 3.45. The number of benzene rings is 1. The van der Waals surface area contributed by atoms with Gasteiger partial charge in [-0.3, -0.25) is 0 Å². The first kappa shape index (κ1) is 14.5. The van der Waals surface area contributed by atoms with Gasteiger partial charge in [0.05, 0.1) is 5.69 Å². The summed E-state index contributed by atoms with van der Waals surface area (Å²) in [5.41, 5.74) is 7.83. The zero-order valence-electron chi connectivity index (χ0n) is 11.5. The molecule has 2 rings (SSSR count). The molecule has 106 valence electrons. The summed E-state index contributed by atoms with van der Waals surface area (Å²) in [6, 6.07) is 5.10. The molecule has 0 amide bonds. The van der Waals surface area contributed by atoms with E-state index in [1.165, 1.54) is 0 Å². The molecule has 0 saturated heterocycles. The van der Waals surface area contributed by atoms with Gasteiger partial charge in [-0.25, -0.2) is 9.18 Å². The largest absolute Gasteiger partial charge is 0.477 e. The van der Waals surface area contributed by atoms with Crippen molar-refractivity contribution in [2.45, 2.75) is 26.7 Å². The third-order valence-electron chi connectivity index (χ3n) is 3.19. The average molecular weight is 293 g/mol. The van der Waals surface area contributed by atoms with Crippen LogP contribution in [0.4, 0.5) is 10.1 Å². The Bertz CT molecular complexity index is 677. The normalized spacial score (nSPS) is 11.1. The molecular formula is C15H16FNO2S. The molecule has 0 spiro atoms. The van der Waals surface area contributed by atoms with E-state index in [4.69, 9.17) is 5.73 Å². The lowest BCUT2D eigenvalue weighted by Gasteiger charge is -2.10. The number of rotatable bonds is 3. The van der Waals surface area contributed by atoms with Crippen molar-refractivity contribution in [2.75, 3.05) is 5.73 Å². The second-order valence-electron chi connectivity index (χ2n) is 4.98. The number of aromatic carboxylic acids is 1. The Morgan fingerprint density at radius 3 is 2.60 bits per heavy atom. The molecule has 3 nitrogen and oxygen atoms in total. The summed E-state index contributed by atoms with van der Waals surface area (Å²) in [5.74, 6) is -1.38. The number of carboxylic acid groups (broad SMARTS) is 1. The van der Waals surface area contributed by atoms with Crippen LogP contribution in [0.3, 0.4) is 0 Å². The minimum absolute atomic E-state index is 0.0225. The number of aryl methyl sites for hydroxylation is 1. The van der Waals surface area contributed by atoms with Crippen LogP contribution in [0, 0.1) is 12.7 Å². The molecule has 2 aromatic rings. The molecule has 0 aliphatic carbocycles. The monoisotopic (exact) mass is 293 g/mol. The topological polar surface area (TPSA) is 63.3 Å². The quantitative estimate of drug-likeness (QED) is 0.888. The van der Waals surface area contributed by atoms with Crippen LogP contribution in [-0.4, -0.2) is 11.1 Å². The highest BCUT2D eigenvalue weighted by molar-refractivity contribution is 7.18. The number of nitrogen functional groups attached to an aromatic ring is 1.